The van der Waals surface area contributed by atoms with Gasteiger partial charge in [0.1, 0.15) is 6.04 Å². The molecule has 0 radical (unpaired) electrons. The van der Waals surface area contributed by atoms with Gasteiger partial charge in [-0.3, -0.25) is 0 Å². The second-order valence-electron chi connectivity index (χ2n) is 5.27. The Morgan fingerprint density at radius 3 is 2.10 bits per heavy atom. The number of aromatic nitrogens is 1. The molecule has 0 saturated heterocycles. The average molecular weight is 268 g/mol. The number of hydrogen-bond donors (Lipinski definition) is 0. The predicted octanol–water partition coefficient (Wildman–Crippen LogP) is 2.74. The highest BCUT2D eigenvalue weighted by Gasteiger charge is 2.16. The summed E-state index contributed by atoms with van der Waals surface area (Å²) in [5.41, 5.74) is 2.31. The van der Waals surface area contributed by atoms with Crippen LogP contribution in [0.1, 0.15) is 19.4 Å². The van der Waals surface area contributed by atoms with E-state index in [-0.39, 0.29) is 6.04 Å². The zero-order valence-corrected chi connectivity index (χ0v) is 12.6. The first kappa shape index (κ1) is 14.3. The third-order valence-corrected chi connectivity index (χ3v) is 2.99. The summed E-state index contributed by atoms with van der Waals surface area (Å²) in [6.07, 6.45) is 4.12. The Kier molecular flexibility index (Phi) is 4.51. The molecule has 0 aliphatic rings. The van der Waals surface area contributed by atoms with Gasteiger partial charge in [-0.2, -0.15) is 0 Å². The van der Waals surface area contributed by atoms with Crippen molar-refractivity contribution in [3.63, 3.8) is 0 Å². The predicted molar refractivity (Wildman–Crippen MR) is 84.5 cm³/mol. The lowest BCUT2D eigenvalue weighted by Crippen LogP contribution is -2.43. The molecule has 2 aromatic rings. The molecule has 104 valence electrons. The molecule has 0 aliphatic carbocycles. The van der Waals surface area contributed by atoms with Crippen LogP contribution in [0.3, 0.4) is 0 Å². The molecular formula is C17H22N3+. The summed E-state index contributed by atoms with van der Waals surface area (Å²) in [5.74, 6) is 0.978. The third-order valence-electron chi connectivity index (χ3n) is 2.99. The summed E-state index contributed by atoms with van der Waals surface area (Å²) < 4.78 is 2.07. The molecule has 0 N–H and O–H groups in total. The second-order valence-corrected chi connectivity index (χ2v) is 5.27. The first-order valence-corrected chi connectivity index (χ1v) is 6.90. The van der Waals surface area contributed by atoms with Gasteiger partial charge in [-0.25, -0.2) is 4.57 Å². The fourth-order valence-electron chi connectivity index (χ4n) is 1.98. The highest BCUT2D eigenvalue weighted by atomic mass is 15.1. The van der Waals surface area contributed by atoms with E-state index in [0.717, 1.165) is 11.4 Å². The molecule has 0 unspecified atom stereocenters. The minimum absolute atomic E-state index is 0.256. The minimum atomic E-state index is 0.256. The molecule has 0 atom stereocenters. The summed E-state index contributed by atoms with van der Waals surface area (Å²) in [6, 6.07) is 14.7. The largest absolute Gasteiger partial charge is 0.377 e. The molecule has 0 spiro atoms. The normalized spacial score (nSPS) is 11.8. The van der Waals surface area contributed by atoms with Gasteiger partial charge in [-0.05, 0) is 26.0 Å². The summed E-state index contributed by atoms with van der Waals surface area (Å²) in [6.45, 7) is 4.19. The Morgan fingerprint density at radius 1 is 1.00 bits per heavy atom. The summed E-state index contributed by atoms with van der Waals surface area (Å²) in [5, 5.41) is 0. The van der Waals surface area contributed by atoms with Crippen LogP contribution in [0.2, 0.25) is 0 Å². The molecule has 0 fully saturated rings. The van der Waals surface area contributed by atoms with E-state index in [4.69, 9.17) is 4.99 Å². The maximum atomic E-state index is 4.76. The molecule has 0 aliphatic heterocycles. The van der Waals surface area contributed by atoms with Gasteiger partial charge in [0.05, 0.1) is 18.0 Å². The number of rotatable bonds is 3. The van der Waals surface area contributed by atoms with Gasteiger partial charge in [0.25, 0.3) is 0 Å². The molecule has 3 heteroatoms. The zero-order chi connectivity index (χ0) is 14.5. The van der Waals surface area contributed by atoms with Crippen molar-refractivity contribution in [2.75, 3.05) is 19.0 Å². The maximum Gasteiger partial charge on any atom is 0.329 e. The highest BCUT2D eigenvalue weighted by molar-refractivity contribution is 5.91. The van der Waals surface area contributed by atoms with E-state index in [1.807, 2.05) is 32.3 Å². The first-order valence-electron chi connectivity index (χ1n) is 6.90. The summed E-state index contributed by atoms with van der Waals surface area (Å²) in [4.78, 5) is 6.85. The standard InChI is InChI=1S/C17H22N3/c1-14(2)18-17(15-8-6-5-7-9-15)20-12-10-16(11-13-20)19(3)4/h5-14H,1-4H3/q+1. The van der Waals surface area contributed by atoms with E-state index >= 15 is 0 Å². The molecule has 2 rings (SSSR count). The number of hydrogen-bond acceptors (Lipinski definition) is 2. The van der Waals surface area contributed by atoms with Gasteiger partial charge in [-0.1, -0.05) is 23.2 Å². The van der Waals surface area contributed by atoms with Crippen molar-refractivity contribution in [3.8, 4) is 0 Å². The van der Waals surface area contributed by atoms with Crippen LogP contribution < -0.4 is 9.47 Å². The Bertz CT molecular complexity index is 569. The van der Waals surface area contributed by atoms with Gasteiger partial charge >= 0.3 is 5.84 Å². The Balaban J connectivity index is 2.42. The molecule has 1 aromatic carbocycles. The summed E-state index contributed by atoms with van der Waals surface area (Å²) in [7, 11) is 4.08. The van der Waals surface area contributed by atoms with Crippen molar-refractivity contribution in [3.05, 3.63) is 60.4 Å². The summed E-state index contributed by atoms with van der Waals surface area (Å²) >= 11 is 0. The average Bonchev–Trinajstić information content (AvgIpc) is 2.45. The number of nitrogens with zero attached hydrogens (tertiary/aromatic N) is 3. The lowest BCUT2D eigenvalue weighted by molar-refractivity contribution is -0.554. The molecule has 0 bridgehead atoms. The van der Waals surface area contributed by atoms with E-state index in [9.17, 15) is 0 Å². The van der Waals surface area contributed by atoms with Gasteiger partial charge in [-0.15, -0.1) is 0 Å². The number of aliphatic imine (C=N–C) groups is 1. The van der Waals surface area contributed by atoms with Crippen LogP contribution >= 0.6 is 0 Å². The van der Waals surface area contributed by atoms with Crippen LogP contribution in [0.25, 0.3) is 0 Å². The molecular weight excluding hydrogens is 246 g/mol. The van der Waals surface area contributed by atoms with Crippen LogP contribution in [0.15, 0.2) is 59.9 Å². The van der Waals surface area contributed by atoms with Crippen LogP contribution in [-0.4, -0.2) is 26.0 Å². The first-order chi connectivity index (χ1) is 9.58. The maximum absolute atomic E-state index is 4.76. The zero-order valence-electron chi connectivity index (χ0n) is 12.6. The number of pyridine rings is 1. The molecule has 1 heterocycles. The van der Waals surface area contributed by atoms with Gasteiger partial charge in [0.2, 0.25) is 0 Å². The van der Waals surface area contributed by atoms with Crippen LogP contribution in [0.4, 0.5) is 5.69 Å². The van der Waals surface area contributed by atoms with Crippen molar-refractivity contribution < 1.29 is 4.57 Å². The van der Waals surface area contributed by atoms with Crippen molar-refractivity contribution in [1.82, 2.24) is 0 Å². The van der Waals surface area contributed by atoms with Crippen molar-refractivity contribution in [2.45, 2.75) is 19.9 Å². The van der Waals surface area contributed by atoms with Crippen molar-refractivity contribution >= 4 is 11.5 Å². The topological polar surface area (TPSA) is 19.5 Å². The quantitative estimate of drug-likeness (QED) is 0.476. The van der Waals surface area contributed by atoms with E-state index in [1.165, 1.54) is 5.69 Å². The third kappa shape index (κ3) is 3.44. The smallest absolute Gasteiger partial charge is 0.329 e. The highest BCUT2D eigenvalue weighted by Crippen LogP contribution is 2.07. The minimum Gasteiger partial charge on any atom is -0.377 e. The fourth-order valence-corrected chi connectivity index (χ4v) is 1.98. The van der Waals surface area contributed by atoms with Gasteiger partial charge in [0, 0.05) is 31.9 Å². The van der Waals surface area contributed by atoms with Gasteiger partial charge in [0.15, 0.2) is 0 Å². The van der Waals surface area contributed by atoms with Crippen LogP contribution in [0.5, 0.6) is 0 Å². The molecule has 0 amide bonds. The van der Waals surface area contributed by atoms with Crippen molar-refractivity contribution in [2.24, 2.45) is 4.99 Å². The molecule has 1 aromatic heterocycles. The Labute approximate surface area is 121 Å². The van der Waals surface area contributed by atoms with Crippen molar-refractivity contribution in [1.29, 1.82) is 0 Å². The molecule has 20 heavy (non-hydrogen) atoms. The Hall–Kier alpha value is -2.16. The SMILES string of the molecule is CC(C)N=C(c1ccccc1)[n+]1ccc(N(C)C)cc1. The van der Waals surface area contributed by atoms with E-state index in [1.54, 1.807) is 0 Å². The van der Waals surface area contributed by atoms with E-state index in [0.29, 0.717) is 0 Å². The molecule has 3 nitrogen and oxygen atoms in total. The number of anilines is 1. The fraction of sp³-hybridized carbons (Fsp3) is 0.294. The monoisotopic (exact) mass is 268 g/mol. The second kappa shape index (κ2) is 6.33. The van der Waals surface area contributed by atoms with Gasteiger partial charge < -0.3 is 4.90 Å². The number of benzene rings is 1. The van der Waals surface area contributed by atoms with E-state index in [2.05, 4.69) is 60.0 Å². The lowest BCUT2D eigenvalue weighted by atomic mass is 10.2. The lowest BCUT2D eigenvalue weighted by Gasteiger charge is -2.11. The van der Waals surface area contributed by atoms with Crippen LogP contribution in [-0.2, 0) is 0 Å². The molecule has 0 saturated carbocycles. The van der Waals surface area contributed by atoms with Crippen LogP contribution in [0, 0.1) is 0 Å². The Morgan fingerprint density at radius 2 is 1.60 bits per heavy atom. The van der Waals surface area contributed by atoms with E-state index < -0.39 is 0 Å².